The van der Waals surface area contributed by atoms with Gasteiger partial charge in [-0.25, -0.2) is 0 Å². The lowest BCUT2D eigenvalue weighted by Crippen LogP contribution is -2.53. The van der Waals surface area contributed by atoms with Crippen LogP contribution in [-0.4, -0.2) is 48.0 Å². The van der Waals surface area contributed by atoms with Crippen LogP contribution in [0, 0.1) is 10.8 Å². The molecule has 2 aliphatic heterocycles. The van der Waals surface area contributed by atoms with Crippen LogP contribution in [0.4, 0.5) is 0 Å². The molecule has 0 spiro atoms. The first kappa shape index (κ1) is 17.1. The number of esters is 2. The lowest BCUT2D eigenvalue weighted by Gasteiger charge is -2.30. The number of ether oxygens (including phenoxy) is 2. The van der Waals surface area contributed by atoms with E-state index in [9.17, 15) is 9.59 Å². The molecule has 2 saturated carbocycles. The van der Waals surface area contributed by atoms with Gasteiger partial charge in [-0.1, -0.05) is 0 Å². The summed E-state index contributed by atoms with van der Waals surface area (Å²) in [6.45, 7) is 4.10. The molecule has 0 bridgehead atoms. The molecule has 4 aliphatic rings. The summed E-state index contributed by atoms with van der Waals surface area (Å²) in [6, 6.07) is 0. The molecule has 2 fully saturated rings. The number of rotatable bonds is 5. The molecule has 0 radical (unpaired) electrons. The van der Waals surface area contributed by atoms with Gasteiger partial charge in [0.15, 0.2) is 10.8 Å². The van der Waals surface area contributed by atoms with Gasteiger partial charge in [0.1, 0.15) is 11.4 Å². The van der Waals surface area contributed by atoms with Gasteiger partial charge in [0.25, 0.3) is 0 Å². The van der Waals surface area contributed by atoms with Gasteiger partial charge < -0.3 is 9.47 Å². The Morgan fingerprint density at radius 2 is 1.23 bits per heavy atom. The van der Waals surface area contributed by atoms with Gasteiger partial charge in [-0.2, -0.15) is 20.4 Å². The van der Waals surface area contributed by atoms with Crippen molar-refractivity contribution in [2.75, 3.05) is 13.2 Å². The average molecular weight is 358 g/mol. The molecule has 0 amide bonds. The van der Waals surface area contributed by atoms with Gasteiger partial charge in [-0.15, -0.1) is 0 Å². The number of carbonyl (C=O) groups excluding carboxylic acids is 2. The minimum absolute atomic E-state index is 0.276. The Kier molecular flexibility index (Phi) is 4.00. The Morgan fingerprint density at radius 1 is 0.808 bits per heavy atom. The third-order valence-electron chi connectivity index (χ3n) is 5.74. The topological polar surface area (TPSA) is 102 Å². The Balaban J connectivity index is 1.77. The van der Waals surface area contributed by atoms with E-state index in [0.29, 0.717) is 48.5 Å². The second-order valence-electron chi connectivity index (χ2n) is 6.95. The second kappa shape index (κ2) is 6.10. The van der Waals surface area contributed by atoms with Crippen molar-refractivity contribution in [3.05, 3.63) is 0 Å². The maximum atomic E-state index is 12.9. The minimum atomic E-state index is -1.03. The molecule has 0 aromatic carbocycles. The molecule has 0 aromatic rings. The van der Waals surface area contributed by atoms with Gasteiger partial charge in [0.05, 0.1) is 24.6 Å². The third kappa shape index (κ3) is 2.01. The van der Waals surface area contributed by atoms with E-state index in [1.54, 1.807) is 13.8 Å². The molecule has 8 heteroatoms. The lowest BCUT2D eigenvalue weighted by atomic mass is 9.69. The van der Waals surface area contributed by atoms with Gasteiger partial charge in [0.2, 0.25) is 0 Å². The summed E-state index contributed by atoms with van der Waals surface area (Å²) in [5.74, 6) is -0.721. The number of nitrogens with zero attached hydrogens (tertiary/aromatic N) is 4. The molecule has 4 rings (SSSR count). The van der Waals surface area contributed by atoms with E-state index in [1.807, 2.05) is 0 Å². The van der Waals surface area contributed by atoms with E-state index < -0.39 is 10.8 Å². The van der Waals surface area contributed by atoms with Gasteiger partial charge in [-0.05, 0) is 52.4 Å². The predicted octanol–water partition coefficient (Wildman–Crippen LogP) is 2.07. The standard InChI is InChI=1S/C18H22N4O4/c1-3-25-15(23)17-9-5-7-11(17)19-21-13(17)14-18(16(24)26-4-2)10-6-8-12(18)20-22-14/h3-10H2,1-2H3/t17-,18-/m1/s1. The fourth-order valence-electron chi connectivity index (χ4n) is 4.57. The van der Waals surface area contributed by atoms with Crippen LogP contribution >= 0.6 is 0 Å². The van der Waals surface area contributed by atoms with Crippen LogP contribution in [0.5, 0.6) is 0 Å². The summed E-state index contributed by atoms with van der Waals surface area (Å²) in [5.41, 5.74) is 0.219. The Hall–Kier alpha value is -2.38. The van der Waals surface area contributed by atoms with Crippen LogP contribution in [0.2, 0.25) is 0 Å². The summed E-state index contributed by atoms with van der Waals surface area (Å²) < 4.78 is 10.7. The van der Waals surface area contributed by atoms with E-state index in [-0.39, 0.29) is 25.2 Å². The number of carbonyl (C=O) groups is 2. The number of hydrogen-bond acceptors (Lipinski definition) is 8. The molecule has 2 atom stereocenters. The SMILES string of the molecule is CCOC(=O)[C@]12CCCC1=NN=C2C1=NN=C2CCC[C@@]21C(=O)OCC. The molecule has 8 nitrogen and oxygen atoms in total. The largest absolute Gasteiger partial charge is 0.465 e. The zero-order valence-electron chi connectivity index (χ0n) is 15.1. The first-order valence-electron chi connectivity index (χ1n) is 9.27. The highest BCUT2D eigenvalue weighted by Gasteiger charge is 2.64. The number of hydrogen-bond donors (Lipinski definition) is 0. The Bertz CT molecular complexity index is 731. The summed E-state index contributed by atoms with van der Waals surface area (Å²) in [5, 5.41) is 17.2. The minimum Gasteiger partial charge on any atom is -0.465 e. The van der Waals surface area contributed by atoms with Gasteiger partial charge in [0, 0.05) is 0 Å². The fraction of sp³-hybridized carbons (Fsp3) is 0.667. The maximum absolute atomic E-state index is 12.9. The first-order valence-corrected chi connectivity index (χ1v) is 9.27. The van der Waals surface area contributed by atoms with Crippen molar-refractivity contribution in [2.45, 2.75) is 52.4 Å². The van der Waals surface area contributed by atoms with Crippen molar-refractivity contribution in [1.82, 2.24) is 0 Å². The fourth-order valence-corrected chi connectivity index (χ4v) is 4.57. The second-order valence-corrected chi connectivity index (χ2v) is 6.95. The molecule has 0 N–H and O–H groups in total. The molecule has 2 aliphatic carbocycles. The molecular formula is C18H22N4O4. The van der Waals surface area contributed by atoms with Gasteiger partial charge in [-0.3, -0.25) is 9.59 Å². The van der Waals surface area contributed by atoms with Crippen LogP contribution in [0.25, 0.3) is 0 Å². The monoisotopic (exact) mass is 358 g/mol. The zero-order valence-corrected chi connectivity index (χ0v) is 15.1. The Morgan fingerprint density at radius 3 is 1.62 bits per heavy atom. The van der Waals surface area contributed by atoms with Gasteiger partial charge >= 0.3 is 11.9 Å². The van der Waals surface area contributed by atoms with Crippen molar-refractivity contribution in [3.63, 3.8) is 0 Å². The maximum Gasteiger partial charge on any atom is 0.324 e. The van der Waals surface area contributed by atoms with E-state index in [2.05, 4.69) is 20.4 Å². The average Bonchev–Trinajstić information content (AvgIpc) is 3.34. The molecule has 26 heavy (non-hydrogen) atoms. The van der Waals surface area contributed by atoms with Crippen molar-refractivity contribution in [2.24, 2.45) is 31.2 Å². The highest BCUT2D eigenvalue weighted by molar-refractivity contribution is 6.60. The zero-order chi connectivity index (χ0) is 18.4. The van der Waals surface area contributed by atoms with E-state index in [1.165, 1.54) is 0 Å². The highest BCUT2D eigenvalue weighted by atomic mass is 16.5. The third-order valence-corrected chi connectivity index (χ3v) is 5.74. The molecule has 0 aromatic heterocycles. The normalized spacial score (nSPS) is 31.6. The van der Waals surface area contributed by atoms with Crippen LogP contribution in [-0.2, 0) is 19.1 Å². The van der Waals surface area contributed by atoms with Crippen molar-refractivity contribution in [1.29, 1.82) is 0 Å². The summed E-state index contributed by atoms with van der Waals surface area (Å²) in [7, 11) is 0. The summed E-state index contributed by atoms with van der Waals surface area (Å²) in [6.07, 6.45) is 4.17. The van der Waals surface area contributed by atoms with Crippen molar-refractivity contribution < 1.29 is 19.1 Å². The molecular weight excluding hydrogens is 336 g/mol. The molecule has 138 valence electrons. The van der Waals surface area contributed by atoms with Crippen LogP contribution < -0.4 is 0 Å². The van der Waals surface area contributed by atoms with E-state index in [4.69, 9.17) is 9.47 Å². The van der Waals surface area contributed by atoms with Crippen molar-refractivity contribution in [3.8, 4) is 0 Å². The highest BCUT2D eigenvalue weighted by Crippen LogP contribution is 2.49. The van der Waals surface area contributed by atoms with Crippen LogP contribution in [0.3, 0.4) is 0 Å². The van der Waals surface area contributed by atoms with Crippen LogP contribution in [0.1, 0.15) is 52.4 Å². The van der Waals surface area contributed by atoms with Crippen molar-refractivity contribution >= 4 is 34.8 Å². The molecule has 0 saturated heterocycles. The van der Waals surface area contributed by atoms with Crippen LogP contribution in [0.15, 0.2) is 20.4 Å². The first-order chi connectivity index (χ1) is 12.6. The van der Waals surface area contributed by atoms with E-state index >= 15 is 0 Å². The predicted molar refractivity (Wildman–Crippen MR) is 95.6 cm³/mol. The quantitative estimate of drug-likeness (QED) is 0.702. The Labute approximate surface area is 151 Å². The number of fused-ring (bicyclic) bond motifs is 2. The smallest absolute Gasteiger partial charge is 0.324 e. The lowest BCUT2D eigenvalue weighted by molar-refractivity contribution is -0.149. The van der Waals surface area contributed by atoms with E-state index in [0.717, 1.165) is 12.8 Å². The molecule has 2 heterocycles. The summed E-state index contributed by atoms with van der Waals surface area (Å²) in [4.78, 5) is 25.8. The summed E-state index contributed by atoms with van der Waals surface area (Å²) >= 11 is 0. The molecule has 0 unspecified atom stereocenters.